The van der Waals surface area contributed by atoms with E-state index >= 15 is 0 Å². The number of hydrogen-bond acceptors (Lipinski definition) is 4. The van der Waals surface area contributed by atoms with E-state index in [-0.39, 0.29) is 6.10 Å². The average Bonchev–Trinajstić information content (AvgIpc) is 2.75. The molecular formula is C23H33N3O3. The Morgan fingerprint density at radius 3 is 2.31 bits per heavy atom. The zero-order chi connectivity index (χ0) is 20.9. The highest BCUT2D eigenvalue weighted by molar-refractivity contribution is 5.79. The van der Waals surface area contributed by atoms with Crippen LogP contribution in [0.5, 0.6) is 11.5 Å². The van der Waals surface area contributed by atoms with Gasteiger partial charge in [0.1, 0.15) is 6.10 Å². The summed E-state index contributed by atoms with van der Waals surface area (Å²) in [5, 5.41) is 6.61. The van der Waals surface area contributed by atoms with Crippen molar-refractivity contribution in [2.75, 3.05) is 26.8 Å². The summed E-state index contributed by atoms with van der Waals surface area (Å²) in [7, 11) is 1.64. The number of nitrogens with one attached hydrogen (secondary N) is 2. The quantitative estimate of drug-likeness (QED) is 0.445. The van der Waals surface area contributed by atoms with Gasteiger partial charge in [0.05, 0.1) is 26.8 Å². The number of methoxy groups -OCH3 is 1. The number of ether oxygens (including phenoxy) is 3. The van der Waals surface area contributed by atoms with Crippen molar-refractivity contribution in [1.29, 1.82) is 0 Å². The van der Waals surface area contributed by atoms with E-state index in [9.17, 15) is 0 Å². The summed E-state index contributed by atoms with van der Waals surface area (Å²) in [6.45, 7) is 9.45. The molecule has 1 atom stereocenters. The van der Waals surface area contributed by atoms with Gasteiger partial charge in [0.15, 0.2) is 17.5 Å². The van der Waals surface area contributed by atoms with Gasteiger partial charge in [-0.05, 0) is 44.0 Å². The SMILES string of the molecule is CCNC(=NCc1ccc(COCC)cc1)NCC(C)Oc1ccccc1OC. The number of aliphatic imine (C=N–C) groups is 1. The Balaban J connectivity index is 1.88. The molecule has 2 N–H and O–H groups in total. The maximum atomic E-state index is 5.99. The standard InChI is InChI=1S/C23H33N3O3/c1-5-24-23(26-16-19-11-13-20(14-12-19)17-28-6-2)25-15-18(3)29-22-10-8-7-9-21(22)27-4/h7-14,18H,5-6,15-17H2,1-4H3,(H2,24,25,26). The summed E-state index contributed by atoms with van der Waals surface area (Å²) in [5.74, 6) is 2.23. The first kappa shape index (κ1) is 22.6. The maximum absolute atomic E-state index is 5.99. The summed E-state index contributed by atoms with van der Waals surface area (Å²) in [5.41, 5.74) is 2.33. The van der Waals surface area contributed by atoms with Gasteiger partial charge in [-0.25, -0.2) is 4.99 Å². The van der Waals surface area contributed by atoms with Crippen molar-refractivity contribution in [2.24, 2.45) is 4.99 Å². The lowest BCUT2D eigenvalue weighted by atomic mass is 10.1. The third-order valence-electron chi connectivity index (χ3n) is 4.21. The summed E-state index contributed by atoms with van der Waals surface area (Å²) >= 11 is 0. The molecule has 0 saturated carbocycles. The molecule has 0 aromatic heterocycles. The van der Waals surface area contributed by atoms with Crippen LogP contribution < -0.4 is 20.1 Å². The first-order valence-corrected chi connectivity index (χ1v) is 10.1. The topological polar surface area (TPSA) is 64.1 Å². The van der Waals surface area contributed by atoms with Crippen LogP contribution in [0.1, 0.15) is 31.9 Å². The molecule has 0 spiro atoms. The Labute approximate surface area is 174 Å². The monoisotopic (exact) mass is 399 g/mol. The fourth-order valence-corrected chi connectivity index (χ4v) is 2.69. The van der Waals surface area contributed by atoms with Crippen molar-refractivity contribution in [3.63, 3.8) is 0 Å². The molecule has 0 radical (unpaired) electrons. The predicted molar refractivity (Wildman–Crippen MR) is 118 cm³/mol. The van der Waals surface area contributed by atoms with E-state index in [1.54, 1.807) is 7.11 Å². The fraction of sp³-hybridized carbons (Fsp3) is 0.435. The normalized spacial score (nSPS) is 12.3. The second-order valence-corrected chi connectivity index (χ2v) is 6.61. The number of nitrogens with zero attached hydrogens (tertiary/aromatic N) is 1. The van der Waals surface area contributed by atoms with Crippen LogP contribution in [0.3, 0.4) is 0 Å². The molecule has 0 bridgehead atoms. The largest absolute Gasteiger partial charge is 0.493 e. The van der Waals surface area contributed by atoms with Gasteiger partial charge in [-0.2, -0.15) is 0 Å². The molecule has 0 saturated heterocycles. The molecule has 158 valence electrons. The van der Waals surface area contributed by atoms with Crippen LogP contribution in [0.25, 0.3) is 0 Å². The van der Waals surface area contributed by atoms with Crippen molar-refractivity contribution in [3.8, 4) is 11.5 Å². The third-order valence-corrected chi connectivity index (χ3v) is 4.21. The molecule has 0 heterocycles. The Morgan fingerprint density at radius 2 is 1.66 bits per heavy atom. The van der Waals surface area contributed by atoms with Crippen LogP contribution in [0.4, 0.5) is 0 Å². The Bertz CT molecular complexity index is 747. The Hall–Kier alpha value is -2.73. The van der Waals surface area contributed by atoms with Gasteiger partial charge in [-0.15, -0.1) is 0 Å². The zero-order valence-corrected chi connectivity index (χ0v) is 17.9. The van der Waals surface area contributed by atoms with Gasteiger partial charge in [0.2, 0.25) is 0 Å². The fourth-order valence-electron chi connectivity index (χ4n) is 2.69. The number of benzene rings is 2. The third kappa shape index (κ3) is 8.03. The lowest BCUT2D eigenvalue weighted by molar-refractivity contribution is 0.134. The van der Waals surface area contributed by atoms with Gasteiger partial charge in [0.25, 0.3) is 0 Å². The van der Waals surface area contributed by atoms with Crippen LogP contribution in [0, 0.1) is 0 Å². The van der Waals surface area contributed by atoms with Crippen molar-refractivity contribution < 1.29 is 14.2 Å². The smallest absolute Gasteiger partial charge is 0.191 e. The Kier molecular flexibility index (Phi) is 9.86. The van der Waals surface area contributed by atoms with Crippen LogP contribution >= 0.6 is 0 Å². The van der Waals surface area contributed by atoms with E-state index in [1.807, 2.05) is 38.1 Å². The minimum Gasteiger partial charge on any atom is -0.493 e. The molecule has 0 aliphatic heterocycles. The second-order valence-electron chi connectivity index (χ2n) is 6.61. The van der Waals surface area contributed by atoms with E-state index in [2.05, 4.69) is 46.8 Å². The molecule has 6 nitrogen and oxygen atoms in total. The molecule has 2 aromatic rings. The lowest BCUT2D eigenvalue weighted by Gasteiger charge is -2.19. The minimum absolute atomic E-state index is 0.0481. The zero-order valence-electron chi connectivity index (χ0n) is 17.9. The van der Waals surface area contributed by atoms with Gasteiger partial charge in [-0.1, -0.05) is 36.4 Å². The van der Waals surface area contributed by atoms with Crippen molar-refractivity contribution in [2.45, 2.75) is 40.0 Å². The van der Waals surface area contributed by atoms with E-state index in [4.69, 9.17) is 14.2 Å². The lowest BCUT2D eigenvalue weighted by Crippen LogP contribution is -2.41. The van der Waals surface area contributed by atoms with Crippen molar-refractivity contribution >= 4 is 5.96 Å². The van der Waals surface area contributed by atoms with E-state index in [0.29, 0.717) is 19.7 Å². The van der Waals surface area contributed by atoms with Crippen LogP contribution in [-0.2, 0) is 17.9 Å². The summed E-state index contributed by atoms with van der Waals surface area (Å²) < 4.78 is 16.8. The first-order chi connectivity index (χ1) is 14.2. The number of guanidine groups is 1. The summed E-state index contributed by atoms with van der Waals surface area (Å²) in [4.78, 5) is 4.67. The Morgan fingerprint density at radius 1 is 0.966 bits per heavy atom. The van der Waals surface area contributed by atoms with E-state index in [1.165, 1.54) is 5.56 Å². The number of rotatable bonds is 11. The molecule has 0 fully saturated rings. The highest BCUT2D eigenvalue weighted by Crippen LogP contribution is 2.26. The molecule has 0 aliphatic carbocycles. The molecule has 2 aromatic carbocycles. The number of hydrogen-bond donors (Lipinski definition) is 2. The molecule has 29 heavy (non-hydrogen) atoms. The van der Waals surface area contributed by atoms with Crippen molar-refractivity contribution in [1.82, 2.24) is 10.6 Å². The van der Waals surface area contributed by atoms with Gasteiger partial charge < -0.3 is 24.8 Å². The van der Waals surface area contributed by atoms with Crippen LogP contribution in [0.15, 0.2) is 53.5 Å². The van der Waals surface area contributed by atoms with Gasteiger partial charge >= 0.3 is 0 Å². The van der Waals surface area contributed by atoms with Crippen LogP contribution in [-0.4, -0.2) is 38.9 Å². The highest BCUT2D eigenvalue weighted by Gasteiger charge is 2.09. The van der Waals surface area contributed by atoms with Gasteiger partial charge in [0, 0.05) is 13.2 Å². The molecule has 0 amide bonds. The highest BCUT2D eigenvalue weighted by atomic mass is 16.5. The second kappa shape index (κ2) is 12.7. The predicted octanol–water partition coefficient (Wildman–Crippen LogP) is 3.75. The van der Waals surface area contributed by atoms with E-state index in [0.717, 1.165) is 36.2 Å². The van der Waals surface area contributed by atoms with E-state index < -0.39 is 0 Å². The maximum Gasteiger partial charge on any atom is 0.191 e. The molecule has 1 unspecified atom stereocenters. The van der Waals surface area contributed by atoms with Crippen LogP contribution in [0.2, 0.25) is 0 Å². The summed E-state index contributed by atoms with van der Waals surface area (Å²) in [6.07, 6.45) is -0.0481. The molecule has 2 rings (SSSR count). The van der Waals surface area contributed by atoms with Crippen molar-refractivity contribution in [3.05, 3.63) is 59.7 Å². The summed E-state index contributed by atoms with van der Waals surface area (Å²) in [6, 6.07) is 16.0. The molecule has 6 heteroatoms. The van der Waals surface area contributed by atoms with Gasteiger partial charge in [-0.3, -0.25) is 0 Å². The average molecular weight is 400 g/mol. The molecule has 0 aliphatic rings. The first-order valence-electron chi connectivity index (χ1n) is 10.1. The minimum atomic E-state index is -0.0481. The number of para-hydroxylation sites is 2. The molecular weight excluding hydrogens is 366 g/mol.